The molecule has 1 heterocycles. The molecule has 0 aliphatic heterocycles. The molecule has 2 rings (SSSR count). The van der Waals surface area contributed by atoms with Crippen molar-refractivity contribution >= 4 is 11.3 Å². The molecule has 1 aromatic rings. The summed E-state index contributed by atoms with van der Waals surface area (Å²) in [5, 5.41) is 5.66. The van der Waals surface area contributed by atoms with Gasteiger partial charge in [0.2, 0.25) is 0 Å². The molecule has 1 unspecified atom stereocenters. The van der Waals surface area contributed by atoms with Crippen molar-refractivity contribution in [3.8, 4) is 0 Å². The van der Waals surface area contributed by atoms with Crippen LogP contribution in [0.1, 0.15) is 42.2 Å². The van der Waals surface area contributed by atoms with E-state index in [2.05, 4.69) is 30.7 Å². The lowest BCUT2D eigenvalue weighted by Crippen LogP contribution is -2.22. The highest BCUT2D eigenvalue weighted by Crippen LogP contribution is 2.36. The highest BCUT2D eigenvalue weighted by atomic mass is 32.1. The summed E-state index contributed by atoms with van der Waals surface area (Å²) in [6, 6.07) is 2.82. The maximum atomic E-state index is 3.45. The molecule has 1 fully saturated rings. The molecule has 1 aromatic heterocycles. The maximum absolute atomic E-state index is 3.45. The lowest BCUT2D eigenvalue weighted by Gasteiger charge is -2.29. The lowest BCUT2D eigenvalue weighted by atomic mass is 9.80. The molecule has 0 radical (unpaired) electrons. The number of thiophene rings is 1. The Bertz CT molecular complexity index is 288. The summed E-state index contributed by atoms with van der Waals surface area (Å²) in [4.78, 5) is 1.54. The average molecular weight is 209 g/mol. The van der Waals surface area contributed by atoms with Gasteiger partial charge in [0.05, 0.1) is 0 Å². The van der Waals surface area contributed by atoms with Crippen LogP contribution in [0.4, 0.5) is 0 Å². The summed E-state index contributed by atoms with van der Waals surface area (Å²) in [6.45, 7) is 2.22. The largest absolute Gasteiger partial charge is 0.312 e. The van der Waals surface area contributed by atoms with Crippen molar-refractivity contribution in [3.63, 3.8) is 0 Å². The summed E-state index contributed by atoms with van der Waals surface area (Å²) in [7, 11) is 2.09. The van der Waals surface area contributed by atoms with E-state index in [1.165, 1.54) is 31.2 Å². The number of nitrogens with one attached hydrogen (secondary N) is 1. The van der Waals surface area contributed by atoms with E-state index in [4.69, 9.17) is 0 Å². The molecule has 1 saturated carbocycles. The van der Waals surface area contributed by atoms with Gasteiger partial charge in [-0.3, -0.25) is 0 Å². The van der Waals surface area contributed by atoms with Gasteiger partial charge in [-0.2, -0.15) is 0 Å². The highest BCUT2D eigenvalue weighted by Gasteiger charge is 2.23. The van der Waals surface area contributed by atoms with E-state index in [0.29, 0.717) is 6.04 Å². The van der Waals surface area contributed by atoms with Crippen LogP contribution in [0.25, 0.3) is 0 Å². The minimum Gasteiger partial charge on any atom is -0.312 e. The van der Waals surface area contributed by atoms with Gasteiger partial charge in [-0.15, -0.1) is 11.3 Å². The van der Waals surface area contributed by atoms with Crippen molar-refractivity contribution in [1.29, 1.82) is 0 Å². The molecule has 1 nitrogen and oxygen atoms in total. The third-order valence-corrected chi connectivity index (χ3v) is 4.49. The zero-order valence-electron chi connectivity index (χ0n) is 9.05. The zero-order valence-corrected chi connectivity index (χ0v) is 9.86. The second kappa shape index (κ2) is 4.45. The van der Waals surface area contributed by atoms with Crippen molar-refractivity contribution in [2.45, 2.75) is 38.6 Å². The Morgan fingerprint density at radius 3 is 2.79 bits per heavy atom. The number of hydrogen-bond acceptors (Lipinski definition) is 2. The van der Waals surface area contributed by atoms with Crippen LogP contribution in [0.2, 0.25) is 0 Å². The standard InChI is InChI=1S/C12H19NS/c1-9-6-7-14-12(9)11(13-2)8-10-4-3-5-10/h6-7,10-11,13H,3-5,8H2,1-2H3. The fraction of sp³-hybridized carbons (Fsp3) is 0.667. The van der Waals surface area contributed by atoms with Crippen LogP contribution < -0.4 is 5.32 Å². The first-order valence-corrected chi connectivity index (χ1v) is 6.40. The average Bonchev–Trinajstić information content (AvgIpc) is 2.51. The third-order valence-electron chi connectivity index (χ3n) is 3.36. The van der Waals surface area contributed by atoms with Crippen molar-refractivity contribution in [2.75, 3.05) is 7.05 Å². The van der Waals surface area contributed by atoms with E-state index < -0.39 is 0 Å². The van der Waals surface area contributed by atoms with E-state index in [-0.39, 0.29) is 0 Å². The van der Waals surface area contributed by atoms with Crippen LogP contribution in [-0.4, -0.2) is 7.05 Å². The summed E-state index contributed by atoms with van der Waals surface area (Å²) in [5.41, 5.74) is 1.45. The van der Waals surface area contributed by atoms with Crippen molar-refractivity contribution in [2.24, 2.45) is 5.92 Å². The number of hydrogen-bond donors (Lipinski definition) is 1. The number of rotatable bonds is 4. The predicted molar refractivity (Wildman–Crippen MR) is 62.8 cm³/mol. The summed E-state index contributed by atoms with van der Waals surface area (Å²) >= 11 is 1.90. The van der Waals surface area contributed by atoms with E-state index in [9.17, 15) is 0 Å². The first-order valence-electron chi connectivity index (χ1n) is 5.52. The Kier molecular flexibility index (Phi) is 3.24. The summed E-state index contributed by atoms with van der Waals surface area (Å²) in [5.74, 6) is 0.981. The molecular weight excluding hydrogens is 190 g/mol. The van der Waals surface area contributed by atoms with E-state index in [1.807, 2.05) is 11.3 Å². The van der Waals surface area contributed by atoms with Gasteiger partial charge < -0.3 is 5.32 Å². The molecular formula is C12H19NS. The molecule has 14 heavy (non-hydrogen) atoms. The van der Waals surface area contributed by atoms with Crippen molar-refractivity contribution < 1.29 is 0 Å². The molecule has 1 atom stereocenters. The molecule has 0 bridgehead atoms. The Labute approximate surface area is 90.5 Å². The molecule has 1 N–H and O–H groups in total. The SMILES string of the molecule is CNC(CC1CCC1)c1sccc1C. The normalized spacial score (nSPS) is 19.3. The number of aryl methyl sites for hydroxylation is 1. The minimum atomic E-state index is 0.597. The van der Waals surface area contributed by atoms with Gasteiger partial charge in [0.15, 0.2) is 0 Å². The maximum Gasteiger partial charge on any atom is 0.0417 e. The fourth-order valence-corrected chi connectivity index (χ4v) is 3.21. The van der Waals surface area contributed by atoms with Crippen LogP contribution in [0, 0.1) is 12.8 Å². The molecule has 2 heteroatoms. The van der Waals surface area contributed by atoms with Gasteiger partial charge in [0.1, 0.15) is 0 Å². The zero-order chi connectivity index (χ0) is 9.97. The second-order valence-electron chi connectivity index (χ2n) is 4.34. The highest BCUT2D eigenvalue weighted by molar-refractivity contribution is 7.10. The van der Waals surface area contributed by atoms with Crippen LogP contribution in [0.3, 0.4) is 0 Å². The van der Waals surface area contributed by atoms with E-state index in [0.717, 1.165) is 5.92 Å². The smallest absolute Gasteiger partial charge is 0.0417 e. The van der Waals surface area contributed by atoms with Crippen LogP contribution in [0.5, 0.6) is 0 Å². The molecule has 0 spiro atoms. The molecule has 0 amide bonds. The van der Waals surface area contributed by atoms with Crippen molar-refractivity contribution in [1.82, 2.24) is 5.32 Å². The first-order chi connectivity index (χ1) is 6.81. The van der Waals surface area contributed by atoms with Gasteiger partial charge in [-0.1, -0.05) is 19.3 Å². The Hall–Kier alpha value is -0.340. The quantitative estimate of drug-likeness (QED) is 0.800. The third kappa shape index (κ3) is 2.01. The summed E-state index contributed by atoms with van der Waals surface area (Å²) in [6.07, 6.45) is 5.67. The molecule has 0 aromatic carbocycles. The van der Waals surface area contributed by atoms with Gasteiger partial charge >= 0.3 is 0 Å². The minimum absolute atomic E-state index is 0.597. The Balaban J connectivity index is 2.01. The molecule has 1 aliphatic rings. The molecule has 78 valence electrons. The second-order valence-corrected chi connectivity index (χ2v) is 5.29. The van der Waals surface area contributed by atoms with Gasteiger partial charge in [-0.05, 0) is 43.3 Å². The predicted octanol–water partition coefficient (Wildman–Crippen LogP) is 3.51. The van der Waals surface area contributed by atoms with Gasteiger partial charge in [-0.25, -0.2) is 0 Å². The monoisotopic (exact) mass is 209 g/mol. The van der Waals surface area contributed by atoms with Gasteiger partial charge in [0, 0.05) is 10.9 Å². The fourth-order valence-electron chi connectivity index (χ4n) is 2.16. The lowest BCUT2D eigenvalue weighted by molar-refractivity contribution is 0.267. The van der Waals surface area contributed by atoms with E-state index >= 15 is 0 Å². The topological polar surface area (TPSA) is 12.0 Å². The molecule has 1 aliphatic carbocycles. The van der Waals surface area contributed by atoms with Crippen LogP contribution in [0.15, 0.2) is 11.4 Å². The van der Waals surface area contributed by atoms with Crippen molar-refractivity contribution in [3.05, 3.63) is 21.9 Å². The van der Waals surface area contributed by atoms with E-state index in [1.54, 1.807) is 4.88 Å². The first kappa shape index (κ1) is 10.2. The Morgan fingerprint density at radius 1 is 1.57 bits per heavy atom. The van der Waals surface area contributed by atoms with Gasteiger partial charge in [0.25, 0.3) is 0 Å². The summed E-state index contributed by atoms with van der Waals surface area (Å²) < 4.78 is 0. The Morgan fingerprint density at radius 2 is 2.36 bits per heavy atom. The molecule has 0 saturated heterocycles. The van der Waals surface area contributed by atoms with Crippen LogP contribution >= 0.6 is 11.3 Å². The van der Waals surface area contributed by atoms with Crippen LogP contribution in [-0.2, 0) is 0 Å².